The van der Waals surface area contributed by atoms with Crippen LogP contribution in [0.25, 0.3) is 0 Å². The minimum absolute atomic E-state index is 0.0672. The molecule has 1 saturated carbocycles. The summed E-state index contributed by atoms with van der Waals surface area (Å²) in [6.45, 7) is 3.29. The molecular weight excluding hydrogens is 254 g/mol. The van der Waals surface area contributed by atoms with E-state index in [0.29, 0.717) is 0 Å². The van der Waals surface area contributed by atoms with Gasteiger partial charge in [-0.2, -0.15) is 0 Å². The summed E-state index contributed by atoms with van der Waals surface area (Å²) >= 11 is 2.03. The smallest absolute Gasteiger partial charge is 0.0553 e. The molecule has 1 atom stereocenters. The summed E-state index contributed by atoms with van der Waals surface area (Å²) in [5.74, 6) is 0.852. The van der Waals surface area contributed by atoms with Gasteiger partial charge in [-0.15, -0.1) is 11.3 Å². The van der Waals surface area contributed by atoms with Crippen LogP contribution in [-0.4, -0.2) is 29.2 Å². The zero-order chi connectivity index (χ0) is 13.1. The predicted molar refractivity (Wildman–Crippen MR) is 80.7 cm³/mol. The summed E-state index contributed by atoms with van der Waals surface area (Å²) in [4.78, 5) is 5.64. The fourth-order valence-electron chi connectivity index (χ4n) is 3.43. The van der Waals surface area contributed by atoms with Gasteiger partial charge in [0.15, 0.2) is 0 Å². The van der Waals surface area contributed by atoms with Crippen molar-refractivity contribution in [2.24, 2.45) is 0 Å². The van der Waals surface area contributed by atoms with Crippen LogP contribution in [0, 0.1) is 0 Å². The monoisotopic (exact) mass is 279 g/mol. The Hall–Kier alpha value is -0.380. The lowest BCUT2D eigenvalue weighted by Crippen LogP contribution is -2.24. The van der Waals surface area contributed by atoms with E-state index < -0.39 is 0 Å². The van der Waals surface area contributed by atoms with Gasteiger partial charge in [0, 0.05) is 22.8 Å². The molecule has 1 N–H and O–H groups in total. The van der Waals surface area contributed by atoms with Crippen molar-refractivity contribution in [3.8, 4) is 0 Å². The number of aliphatic hydroxyl groups is 1. The highest BCUT2D eigenvalue weighted by atomic mass is 32.1. The van der Waals surface area contributed by atoms with Crippen LogP contribution in [0.15, 0.2) is 12.1 Å². The van der Waals surface area contributed by atoms with E-state index in [2.05, 4.69) is 17.0 Å². The molecule has 0 unspecified atom stereocenters. The van der Waals surface area contributed by atoms with Gasteiger partial charge in [0.25, 0.3) is 0 Å². The number of hydrogen-bond acceptors (Lipinski definition) is 3. The van der Waals surface area contributed by atoms with E-state index in [9.17, 15) is 5.11 Å². The van der Waals surface area contributed by atoms with Crippen LogP contribution in [0.2, 0.25) is 0 Å². The Bertz CT molecular complexity index is 397. The lowest BCUT2D eigenvalue weighted by molar-refractivity contribution is 0.155. The lowest BCUT2D eigenvalue weighted by atomic mass is 10.1. The van der Waals surface area contributed by atoms with Gasteiger partial charge in [-0.05, 0) is 56.7 Å². The minimum Gasteiger partial charge on any atom is -0.393 e. The number of likely N-dealkylation sites (tertiary alicyclic amines) is 1. The van der Waals surface area contributed by atoms with Crippen LogP contribution in [0.1, 0.15) is 60.6 Å². The van der Waals surface area contributed by atoms with Crippen molar-refractivity contribution in [1.82, 2.24) is 4.90 Å². The summed E-state index contributed by atoms with van der Waals surface area (Å²) in [5, 5.41) is 9.70. The van der Waals surface area contributed by atoms with Crippen LogP contribution in [0.5, 0.6) is 0 Å². The number of hydrogen-bond donors (Lipinski definition) is 1. The zero-order valence-electron chi connectivity index (χ0n) is 11.7. The quantitative estimate of drug-likeness (QED) is 0.911. The van der Waals surface area contributed by atoms with Crippen LogP contribution >= 0.6 is 11.3 Å². The maximum Gasteiger partial charge on any atom is 0.0553 e. The molecule has 1 saturated heterocycles. The molecule has 1 aromatic rings. The van der Waals surface area contributed by atoms with Gasteiger partial charge in [0.1, 0.15) is 0 Å². The highest BCUT2D eigenvalue weighted by Crippen LogP contribution is 2.37. The summed E-state index contributed by atoms with van der Waals surface area (Å²) in [6.07, 6.45) is 8.63. The van der Waals surface area contributed by atoms with E-state index in [1.54, 1.807) is 4.88 Å². The van der Waals surface area contributed by atoms with E-state index >= 15 is 0 Å². The Kier molecular flexibility index (Phi) is 4.57. The summed E-state index contributed by atoms with van der Waals surface area (Å²) in [5.41, 5.74) is 0. The normalized spacial score (nSPS) is 26.7. The first kappa shape index (κ1) is 13.6. The Balaban J connectivity index is 1.57. The molecule has 0 aromatic carbocycles. The molecule has 1 aliphatic heterocycles. The molecule has 19 heavy (non-hydrogen) atoms. The highest BCUT2D eigenvalue weighted by molar-refractivity contribution is 7.12. The number of aliphatic hydroxyl groups excluding tert-OH is 1. The molecule has 3 heteroatoms. The molecule has 1 aliphatic carbocycles. The zero-order valence-corrected chi connectivity index (χ0v) is 12.5. The Morgan fingerprint density at radius 1 is 1.05 bits per heavy atom. The first-order chi connectivity index (χ1) is 9.31. The second kappa shape index (κ2) is 6.38. The van der Waals surface area contributed by atoms with Crippen molar-refractivity contribution in [2.75, 3.05) is 13.1 Å². The average Bonchev–Trinajstić information content (AvgIpc) is 3.02. The third-order valence-corrected chi connectivity index (χ3v) is 5.84. The third-order valence-electron chi connectivity index (χ3n) is 4.61. The van der Waals surface area contributed by atoms with E-state index in [4.69, 9.17) is 0 Å². The van der Waals surface area contributed by atoms with Gasteiger partial charge in [0.05, 0.1) is 6.10 Å². The molecule has 0 amide bonds. The summed E-state index contributed by atoms with van der Waals surface area (Å²) in [6, 6.07) is 4.70. The van der Waals surface area contributed by atoms with Crippen LogP contribution in [-0.2, 0) is 6.54 Å². The Labute approximate surface area is 120 Å². The van der Waals surface area contributed by atoms with Crippen molar-refractivity contribution in [2.45, 2.75) is 63.5 Å². The standard InChI is InChI=1S/C16H25NOS/c18-14-6-3-10-17(11-9-14)12-15-7-8-16(19-15)13-4-1-2-5-13/h7-8,13-14,18H,1-6,9-12H2/t14-/m0/s1. The predicted octanol–water partition coefficient (Wildman–Crippen LogP) is 3.75. The van der Waals surface area contributed by atoms with Crippen molar-refractivity contribution >= 4 is 11.3 Å². The first-order valence-electron chi connectivity index (χ1n) is 7.80. The molecular formula is C16H25NOS. The molecule has 0 bridgehead atoms. The summed E-state index contributed by atoms with van der Waals surface area (Å²) in [7, 11) is 0. The Morgan fingerprint density at radius 3 is 2.74 bits per heavy atom. The van der Waals surface area contributed by atoms with Crippen molar-refractivity contribution in [3.63, 3.8) is 0 Å². The van der Waals surface area contributed by atoms with E-state index in [1.165, 1.54) is 30.6 Å². The molecule has 106 valence electrons. The number of thiophene rings is 1. The molecule has 2 heterocycles. The minimum atomic E-state index is -0.0672. The van der Waals surface area contributed by atoms with Gasteiger partial charge in [-0.1, -0.05) is 12.8 Å². The van der Waals surface area contributed by atoms with E-state index in [-0.39, 0.29) is 6.10 Å². The van der Waals surface area contributed by atoms with Gasteiger partial charge in [-0.25, -0.2) is 0 Å². The molecule has 2 nitrogen and oxygen atoms in total. The molecule has 2 aliphatic rings. The van der Waals surface area contributed by atoms with Crippen LogP contribution < -0.4 is 0 Å². The van der Waals surface area contributed by atoms with Crippen molar-refractivity contribution in [3.05, 3.63) is 21.9 Å². The molecule has 0 spiro atoms. The Morgan fingerprint density at radius 2 is 1.89 bits per heavy atom. The molecule has 3 rings (SSSR count). The van der Waals surface area contributed by atoms with Gasteiger partial charge < -0.3 is 5.11 Å². The van der Waals surface area contributed by atoms with E-state index in [1.807, 2.05) is 11.3 Å². The molecule has 0 radical (unpaired) electrons. The van der Waals surface area contributed by atoms with Crippen molar-refractivity contribution in [1.29, 1.82) is 0 Å². The fourth-order valence-corrected chi connectivity index (χ4v) is 4.65. The number of rotatable bonds is 3. The second-order valence-corrected chi connectivity index (χ2v) is 7.35. The van der Waals surface area contributed by atoms with Crippen LogP contribution in [0.3, 0.4) is 0 Å². The summed E-state index contributed by atoms with van der Waals surface area (Å²) < 4.78 is 0. The van der Waals surface area contributed by atoms with Crippen molar-refractivity contribution < 1.29 is 5.11 Å². The first-order valence-corrected chi connectivity index (χ1v) is 8.62. The fraction of sp³-hybridized carbons (Fsp3) is 0.750. The van der Waals surface area contributed by atoms with Gasteiger partial charge in [-0.3, -0.25) is 4.90 Å². The third kappa shape index (κ3) is 3.59. The molecule has 1 aromatic heterocycles. The topological polar surface area (TPSA) is 23.5 Å². The lowest BCUT2D eigenvalue weighted by Gasteiger charge is -2.18. The van der Waals surface area contributed by atoms with Crippen LogP contribution in [0.4, 0.5) is 0 Å². The highest BCUT2D eigenvalue weighted by Gasteiger charge is 2.20. The maximum absolute atomic E-state index is 9.70. The van der Waals surface area contributed by atoms with Gasteiger partial charge in [0.2, 0.25) is 0 Å². The second-order valence-electron chi connectivity index (χ2n) is 6.15. The van der Waals surface area contributed by atoms with E-state index in [0.717, 1.165) is 44.8 Å². The largest absolute Gasteiger partial charge is 0.393 e. The number of nitrogens with zero attached hydrogens (tertiary/aromatic N) is 1. The SMILES string of the molecule is O[C@H]1CCCN(Cc2ccc(C3CCCC3)s2)CC1. The molecule has 2 fully saturated rings. The maximum atomic E-state index is 9.70. The average molecular weight is 279 g/mol. The van der Waals surface area contributed by atoms with Gasteiger partial charge >= 0.3 is 0 Å².